The molecular weight excluding hydrogens is 772 g/mol. The summed E-state index contributed by atoms with van der Waals surface area (Å²) in [6, 6.07) is 21.3. The third kappa shape index (κ3) is 8.95. The lowest BCUT2D eigenvalue weighted by Crippen LogP contribution is -2.15. The summed E-state index contributed by atoms with van der Waals surface area (Å²) >= 11 is 15.6. The summed E-state index contributed by atoms with van der Waals surface area (Å²) in [4.78, 5) is 2.11. The van der Waals surface area contributed by atoms with Gasteiger partial charge in [0.15, 0.2) is 17.4 Å². The highest BCUT2D eigenvalue weighted by Crippen LogP contribution is 2.45. The smallest absolute Gasteiger partial charge is 0.170 e. The fourth-order valence-corrected chi connectivity index (χ4v) is 9.01. The van der Waals surface area contributed by atoms with Gasteiger partial charge in [-0.1, -0.05) is 78.4 Å². The van der Waals surface area contributed by atoms with Crippen LogP contribution in [0.3, 0.4) is 0 Å². The number of rotatable bonds is 10. The van der Waals surface area contributed by atoms with Crippen LogP contribution in [0.2, 0.25) is 10.0 Å². The maximum absolute atomic E-state index is 9.96. The topological polar surface area (TPSA) is 158 Å². The van der Waals surface area contributed by atoms with E-state index in [0.717, 1.165) is 102 Å². The molecule has 0 fully saturated rings. The van der Waals surface area contributed by atoms with E-state index in [2.05, 4.69) is 49.3 Å². The van der Waals surface area contributed by atoms with Crippen LogP contribution in [0.5, 0.6) is 11.5 Å². The normalized spacial score (nSPS) is 11.8. The third-order valence-electron chi connectivity index (χ3n) is 9.26. The number of thiophene rings is 2. The van der Waals surface area contributed by atoms with Crippen molar-refractivity contribution in [1.82, 2.24) is 0 Å². The number of hydrogen-bond donors (Lipinski definition) is 6. The van der Waals surface area contributed by atoms with Crippen molar-refractivity contribution in [2.45, 2.75) is 60.3 Å². The van der Waals surface area contributed by atoms with Gasteiger partial charge in [0.25, 0.3) is 0 Å². The standard InChI is InChI=1S/C22H24N2O2S.C21H20Cl2N2O2S/c1-4-5-15-11-17(16-6-7-19(25)14(3)10-16)20(18(12-15)22(23)24-26)21-13(2)8-9-27-21;1-3-4-12-7-14(13-9-16(22)19(26)17(23)10-13)18(15(8-12)21(24)25-27)20-11(2)5-6-28-20/h6-12,25-26H,4-5H2,1-3H3,(H2,23,24);5-10,26-27H,3-4H2,1-2H3,(H2,24,25). The van der Waals surface area contributed by atoms with Crippen LogP contribution < -0.4 is 11.5 Å². The molecule has 0 saturated carbocycles. The van der Waals surface area contributed by atoms with Crippen LogP contribution in [-0.4, -0.2) is 32.3 Å². The first kappa shape index (κ1) is 41.2. The first-order valence-corrected chi connectivity index (χ1v) is 20.2. The maximum Gasteiger partial charge on any atom is 0.170 e. The zero-order valence-corrected chi connectivity index (χ0v) is 34.4. The summed E-state index contributed by atoms with van der Waals surface area (Å²) in [5.41, 5.74) is 24.2. The van der Waals surface area contributed by atoms with Crippen LogP contribution in [0.4, 0.5) is 0 Å². The minimum absolute atomic E-state index is 0.0398. The fraction of sp³-hybridized carbons (Fsp3) is 0.209. The second-order valence-corrected chi connectivity index (χ2v) is 15.9. The zero-order chi connectivity index (χ0) is 40.0. The summed E-state index contributed by atoms with van der Waals surface area (Å²) in [5.74, 6) is 0.266. The van der Waals surface area contributed by atoms with Crippen LogP contribution >= 0.6 is 45.9 Å². The number of phenolic OH excluding ortho intramolecular Hbond substituents is 2. The number of nitrogens with zero attached hydrogens (tertiary/aromatic N) is 2. The Hall–Kier alpha value is -5.00. The largest absolute Gasteiger partial charge is 0.508 e. The molecule has 6 rings (SSSR count). The van der Waals surface area contributed by atoms with Gasteiger partial charge in [0.05, 0.1) is 10.0 Å². The van der Waals surface area contributed by atoms with Gasteiger partial charge in [-0.3, -0.25) is 0 Å². The first-order valence-electron chi connectivity index (χ1n) is 17.7. The lowest BCUT2D eigenvalue weighted by Gasteiger charge is -2.18. The Bertz CT molecular complexity index is 2380. The molecule has 0 aliphatic carbocycles. The zero-order valence-electron chi connectivity index (χ0n) is 31.2. The minimum atomic E-state index is -0.151. The average molecular weight is 816 g/mol. The molecule has 0 saturated heterocycles. The minimum Gasteiger partial charge on any atom is -0.508 e. The SMILES string of the molecule is CCCc1cc(C(N)=NO)c(-c2sccc2C)c(-c2cc(Cl)c(O)c(Cl)c2)c1.CCCc1cc(C(N)=NO)c(-c2sccc2C)c(-c2ccc(O)c(C)c2)c1. The molecule has 0 spiro atoms. The number of benzene rings is 4. The number of aryl methyl sites for hydroxylation is 5. The molecule has 8 nitrogen and oxygen atoms in total. The van der Waals surface area contributed by atoms with Gasteiger partial charge >= 0.3 is 0 Å². The number of nitrogens with two attached hydrogens (primary N) is 2. The van der Waals surface area contributed by atoms with Gasteiger partial charge in [-0.25, -0.2) is 0 Å². The van der Waals surface area contributed by atoms with Gasteiger partial charge in [-0.15, -0.1) is 22.7 Å². The molecule has 4 aromatic carbocycles. The molecular formula is C43H44Cl2N4O4S2. The second-order valence-electron chi connectivity index (χ2n) is 13.3. The van der Waals surface area contributed by atoms with E-state index in [1.165, 1.54) is 0 Å². The van der Waals surface area contributed by atoms with Gasteiger partial charge < -0.3 is 32.1 Å². The lowest BCUT2D eigenvalue weighted by atomic mass is 9.89. The van der Waals surface area contributed by atoms with E-state index < -0.39 is 0 Å². The molecule has 55 heavy (non-hydrogen) atoms. The summed E-state index contributed by atoms with van der Waals surface area (Å²) < 4.78 is 0. The van der Waals surface area contributed by atoms with Crippen molar-refractivity contribution < 1.29 is 20.6 Å². The van der Waals surface area contributed by atoms with E-state index >= 15 is 0 Å². The van der Waals surface area contributed by atoms with Crippen LogP contribution in [0.25, 0.3) is 43.1 Å². The Labute approximate surface area is 339 Å². The summed E-state index contributed by atoms with van der Waals surface area (Å²) in [5, 5.41) is 49.6. The number of aromatic hydroxyl groups is 2. The Balaban J connectivity index is 0.000000211. The highest BCUT2D eigenvalue weighted by atomic mass is 35.5. The van der Waals surface area contributed by atoms with Crippen molar-refractivity contribution in [3.05, 3.63) is 126 Å². The van der Waals surface area contributed by atoms with Crippen molar-refractivity contribution in [3.63, 3.8) is 0 Å². The number of phenols is 2. The molecule has 0 aliphatic rings. The number of oxime groups is 2. The molecule has 0 atom stereocenters. The van der Waals surface area contributed by atoms with Crippen molar-refractivity contribution in [3.8, 4) is 54.6 Å². The highest BCUT2D eigenvalue weighted by molar-refractivity contribution is 7.14. The molecule has 6 aromatic rings. The predicted molar refractivity (Wildman–Crippen MR) is 231 cm³/mol. The van der Waals surface area contributed by atoms with Crippen molar-refractivity contribution in [2.24, 2.45) is 21.8 Å². The Kier molecular flexibility index (Phi) is 13.5. The monoisotopic (exact) mass is 814 g/mol. The highest BCUT2D eigenvalue weighted by Gasteiger charge is 2.22. The van der Waals surface area contributed by atoms with E-state index in [9.17, 15) is 20.6 Å². The Morgan fingerprint density at radius 1 is 0.618 bits per heavy atom. The molecule has 0 unspecified atom stereocenters. The average Bonchev–Trinajstić information content (AvgIpc) is 3.80. The predicted octanol–water partition coefficient (Wildman–Crippen LogP) is 11.9. The van der Waals surface area contributed by atoms with E-state index in [4.69, 9.17) is 34.7 Å². The quantitative estimate of drug-likeness (QED) is 0.0350. The van der Waals surface area contributed by atoms with Gasteiger partial charge in [0.1, 0.15) is 5.75 Å². The van der Waals surface area contributed by atoms with E-state index in [1.54, 1.807) is 40.9 Å². The van der Waals surface area contributed by atoms with Gasteiger partial charge in [-0.2, -0.15) is 0 Å². The number of hydrogen-bond acceptors (Lipinski definition) is 8. The molecule has 12 heteroatoms. The maximum atomic E-state index is 9.96. The molecule has 2 aromatic heterocycles. The van der Waals surface area contributed by atoms with E-state index in [-0.39, 0.29) is 33.2 Å². The summed E-state index contributed by atoms with van der Waals surface area (Å²) in [7, 11) is 0. The van der Waals surface area contributed by atoms with Crippen molar-refractivity contribution >= 4 is 57.5 Å². The van der Waals surface area contributed by atoms with Crippen LogP contribution in [-0.2, 0) is 12.8 Å². The van der Waals surface area contributed by atoms with Crippen LogP contribution in [0.15, 0.2) is 87.8 Å². The second kappa shape index (κ2) is 18.1. The Morgan fingerprint density at radius 2 is 1.07 bits per heavy atom. The first-order chi connectivity index (χ1) is 26.3. The van der Waals surface area contributed by atoms with E-state index in [0.29, 0.717) is 5.56 Å². The van der Waals surface area contributed by atoms with Gasteiger partial charge in [-0.05, 0) is 143 Å². The Morgan fingerprint density at radius 3 is 1.45 bits per heavy atom. The molecule has 286 valence electrons. The van der Waals surface area contributed by atoms with Crippen LogP contribution in [0.1, 0.15) is 65.6 Å². The molecule has 0 aliphatic heterocycles. The molecule has 0 amide bonds. The molecule has 0 bridgehead atoms. The molecule has 8 N–H and O–H groups in total. The summed E-state index contributed by atoms with van der Waals surface area (Å²) in [6.07, 6.45) is 3.69. The summed E-state index contributed by atoms with van der Waals surface area (Å²) in [6.45, 7) is 10.2. The fourth-order valence-electron chi connectivity index (χ4n) is 6.53. The van der Waals surface area contributed by atoms with E-state index in [1.807, 2.05) is 54.9 Å². The van der Waals surface area contributed by atoms with Crippen LogP contribution in [0, 0.1) is 20.8 Å². The number of amidine groups is 2. The lowest BCUT2D eigenvalue weighted by molar-refractivity contribution is 0.318. The van der Waals surface area contributed by atoms with Gasteiger partial charge in [0, 0.05) is 32.0 Å². The molecule has 0 radical (unpaired) electrons. The number of halogens is 2. The van der Waals surface area contributed by atoms with Gasteiger partial charge in [0.2, 0.25) is 0 Å². The van der Waals surface area contributed by atoms with Crippen molar-refractivity contribution in [2.75, 3.05) is 0 Å². The third-order valence-corrected chi connectivity index (χ3v) is 11.9. The van der Waals surface area contributed by atoms with Crippen molar-refractivity contribution in [1.29, 1.82) is 0 Å². The molecule has 2 heterocycles.